The van der Waals surface area contributed by atoms with Gasteiger partial charge in [0.25, 0.3) is 5.91 Å². The molecule has 0 bridgehead atoms. The van der Waals surface area contributed by atoms with Gasteiger partial charge in [-0.1, -0.05) is 6.07 Å². The molecule has 2 amide bonds. The monoisotopic (exact) mass is 394 g/mol. The topological polar surface area (TPSA) is 84.5 Å². The number of benzene rings is 2. The number of hydrogen-bond acceptors (Lipinski definition) is 4. The van der Waals surface area contributed by atoms with Gasteiger partial charge in [-0.05, 0) is 42.8 Å². The van der Waals surface area contributed by atoms with Crippen LogP contribution < -0.4 is 10.6 Å². The highest BCUT2D eigenvalue weighted by Gasteiger charge is 2.32. The number of hydrogen-bond donors (Lipinski definition) is 2. The molecule has 0 aliphatic rings. The summed E-state index contributed by atoms with van der Waals surface area (Å²) in [5.74, 6) is -2.01. The van der Waals surface area contributed by atoms with Gasteiger partial charge < -0.3 is 15.4 Å². The Morgan fingerprint density at radius 3 is 2.21 bits per heavy atom. The maximum Gasteiger partial charge on any atom is 0.416 e. The summed E-state index contributed by atoms with van der Waals surface area (Å²) in [6.45, 7) is 3.03. The molecule has 0 radical (unpaired) electrons. The molecule has 2 rings (SSSR count). The third kappa shape index (κ3) is 5.09. The van der Waals surface area contributed by atoms with Crippen LogP contribution in [0, 0.1) is 6.92 Å². The van der Waals surface area contributed by atoms with Gasteiger partial charge in [0.05, 0.1) is 18.2 Å². The zero-order chi connectivity index (χ0) is 21.1. The van der Waals surface area contributed by atoms with E-state index in [1.54, 1.807) is 13.0 Å². The van der Waals surface area contributed by atoms with Gasteiger partial charge in [-0.2, -0.15) is 13.2 Å². The number of carbonyl (C=O) groups excluding carboxylic acids is 3. The van der Waals surface area contributed by atoms with Crippen molar-refractivity contribution in [3.8, 4) is 0 Å². The maximum absolute atomic E-state index is 13.1. The van der Waals surface area contributed by atoms with Crippen molar-refractivity contribution < 1.29 is 32.3 Å². The number of anilines is 2. The van der Waals surface area contributed by atoms with Gasteiger partial charge in [0.2, 0.25) is 5.91 Å². The zero-order valence-corrected chi connectivity index (χ0v) is 15.2. The van der Waals surface area contributed by atoms with E-state index in [9.17, 15) is 27.6 Å². The first-order valence-electron chi connectivity index (χ1n) is 8.01. The molecular formula is C19H17F3N2O4. The van der Waals surface area contributed by atoms with Crippen molar-refractivity contribution >= 4 is 29.2 Å². The largest absolute Gasteiger partial charge is 0.465 e. The lowest BCUT2D eigenvalue weighted by atomic mass is 10.1. The Balaban J connectivity index is 2.38. The SMILES string of the molecule is COC(=O)c1cc(NC(=O)c2ccc(C)c(NC(C)=O)c2)cc(C(F)(F)F)c1. The molecule has 0 atom stereocenters. The minimum atomic E-state index is -4.72. The van der Waals surface area contributed by atoms with Gasteiger partial charge in [-0.15, -0.1) is 0 Å². The first kappa shape index (κ1) is 20.9. The second kappa shape index (κ2) is 8.12. The minimum absolute atomic E-state index is 0.117. The fourth-order valence-corrected chi connectivity index (χ4v) is 2.39. The van der Waals surface area contributed by atoms with Crippen LogP contribution in [0.15, 0.2) is 36.4 Å². The molecule has 148 valence electrons. The molecule has 0 saturated carbocycles. The number of nitrogens with one attached hydrogen (secondary N) is 2. The third-order valence-electron chi connectivity index (χ3n) is 3.75. The Hall–Kier alpha value is -3.36. The van der Waals surface area contributed by atoms with E-state index in [4.69, 9.17) is 0 Å². The Bertz CT molecular complexity index is 939. The van der Waals surface area contributed by atoms with Gasteiger partial charge in [-0.3, -0.25) is 9.59 Å². The molecule has 0 aliphatic carbocycles. The second-order valence-electron chi connectivity index (χ2n) is 5.95. The van der Waals surface area contributed by atoms with Gasteiger partial charge in [-0.25, -0.2) is 4.79 Å². The molecule has 0 saturated heterocycles. The number of methoxy groups -OCH3 is 1. The molecule has 9 heteroatoms. The van der Waals surface area contributed by atoms with Crippen LogP contribution in [0.3, 0.4) is 0 Å². The Kier molecular flexibility index (Phi) is 6.07. The summed E-state index contributed by atoms with van der Waals surface area (Å²) in [4.78, 5) is 35.3. The van der Waals surface area contributed by atoms with Crippen molar-refractivity contribution in [1.29, 1.82) is 0 Å². The summed E-state index contributed by atoms with van der Waals surface area (Å²) < 4.78 is 43.7. The van der Waals surface area contributed by atoms with E-state index < -0.39 is 23.6 Å². The van der Waals surface area contributed by atoms with E-state index in [1.807, 2.05) is 0 Å². The van der Waals surface area contributed by atoms with Crippen LogP contribution in [-0.2, 0) is 15.7 Å². The van der Waals surface area contributed by atoms with E-state index in [0.29, 0.717) is 23.4 Å². The molecule has 2 N–H and O–H groups in total. The van der Waals surface area contributed by atoms with Crippen molar-refractivity contribution in [3.63, 3.8) is 0 Å². The molecule has 0 unspecified atom stereocenters. The number of alkyl halides is 3. The van der Waals surface area contributed by atoms with E-state index >= 15 is 0 Å². The summed E-state index contributed by atoms with van der Waals surface area (Å²) >= 11 is 0. The fraction of sp³-hybridized carbons (Fsp3) is 0.211. The van der Waals surface area contributed by atoms with Crippen molar-refractivity contribution in [2.24, 2.45) is 0 Å². The third-order valence-corrected chi connectivity index (χ3v) is 3.75. The maximum atomic E-state index is 13.1. The highest BCUT2D eigenvalue weighted by atomic mass is 19.4. The van der Waals surface area contributed by atoms with Gasteiger partial charge in [0.1, 0.15) is 0 Å². The van der Waals surface area contributed by atoms with Crippen LogP contribution in [0.25, 0.3) is 0 Å². The first-order valence-corrected chi connectivity index (χ1v) is 8.01. The standard InChI is InChI=1S/C19H17F3N2O4/c1-10-4-5-12(8-16(10)23-11(2)25)17(26)24-15-7-13(18(27)28-3)6-14(9-15)19(20,21)22/h4-9H,1-3H3,(H,23,25)(H,24,26). The number of aryl methyl sites for hydroxylation is 1. The summed E-state index contributed by atoms with van der Waals surface area (Å²) in [5.41, 5.74) is -0.449. The predicted octanol–water partition coefficient (Wildman–Crippen LogP) is 4.01. The van der Waals surface area contributed by atoms with Crippen LogP contribution in [0.1, 0.15) is 38.8 Å². The Morgan fingerprint density at radius 2 is 1.64 bits per heavy atom. The Morgan fingerprint density at radius 1 is 0.964 bits per heavy atom. The van der Waals surface area contributed by atoms with Gasteiger partial charge in [0.15, 0.2) is 0 Å². The molecule has 6 nitrogen and oxygen atoms in total. The van der Waals surface area contributed by atoms with Crippen molar-refractivity contribution in [3.05, 3.63) is 58.7 Å². The lowest BCUT2D eigenvalue weighted by Gasteiger charge is -2.13. The zero-order valence-electron chi connectivity index (χ0n) is 15.2. The molecule has 28 heavy (non-hydrogen) atoms. The van der Waals surface area contributed by atoms with Gasteiger partial charge >= 0.3 is 12.1 Å². The smallest absolute Gasteiger partial charge is 0.416 e. The minimum Gasteiger partial charge on any atom is -0.465 e. The average molecular weight is 394 g/mol. The number of carbonyl (C=O) groups is 3. The molecule has 0 aliphatic heterocycles. The highest BCUT2D eigenvalue weighted by Crippen LogP contribution is 2.32. The van der Waals surface area contributed by atoms with Crippen LogP contribution >= 0.6 is 0 Å². The van der Waals surface area contributed by atoms with E-state index in [0.717, 1.165) is 13.2 Å². The second-order valence-corrected chi connectivity index (χ2v) is 5.95. The fourth-order valence-electron chi connectivity index (χ4n) is 2.39. The average Bonchev–Trinajstić information content (AvgIpc) is 2.61. The van der Waals surface area contributed by atoms with Crippen LogP contribution in [-0.4, -0.2) is 24.9 Å². The summed E-state index contributed by atoms with van der Waals surface area (Å²) in [7, 11) is 1.04. The van der Waals surface area contributed by atoms with Crippen molar-refractivity contribution in [1.82, 2.24) is 0 Å². The van der Waals surface area contributed by atoms with Crippen molar-refractivity contribution in [2.45, 2.75) is 20.0 Å². The van der Waals surface area contributed by atoms with Crippen molar-refractivity contribution in [2.75, 3.05) is 17.7 Å². The molecular weight excluding hydrogens is 377 g/mol. The molecule has 0 aromatic heterocycles. The molecule has 0 spiro atoms. The molecule has 2 aromatic rings. The van der Waals surface area contributed by atoms with Crippen LogP contribution in [0.4, 0.5) is 24.5 Å². The van der Waals surface area contributed by atoms with Gasteiger partial charge in [0, 0.05) is 23.9 Å². The number of ether oxygens (including phenoxy) is 1. The molecule has 0 fully saturated rings. The number of halogens is 3. The van der Waals surface area contributed by atoms with Crippen LogP contribution in [0.2, 0.25) is 0 Å². The van der Waals surface area contributed by atoms with E-state index in [1.165, 1.54) is 19.1 Å². The quantitative estimate of drug-likeness (QED) is 0.768. The summed E-state index contributed by atoms with van der Waals surface area (Å²) in [6, 6.07) is 6.90. The van der Waals surface area contributed by atoms with E-state index in [-0.39, 0.29) is 22.7 Å². The van der Waals surface area contributed by atoms with Crippen LogP contribution in [0.5, 0.6) is 0 Å². The lowest BCUT2D eigenvalue weighted by molar-refractivity contribution is -0.137. The summed E-state index contributed by atoms with van der Waals surface area (Å²) in [6.07, 6.45) is -4.72. The number of amides is 2. The van der Waals surface area contributed by atoms with E-state index in [2.05, 4.69) is 15.4 Å². The highest BCUT2D eigenvalue weighted by molar-refractivity contribution is 6.06. The summed E-state index contributed by atoms with van der Waals surface area (Å²) in [5, 5.41) is 4.89. The predicted molar refractivity (Wildman–Crippen MR) is 96.2 cm³/mol. The first-order chi connectivity index (χ1) is 13.0. The number of rotatable bonds is 4. The molecule has 0 heterocycles. The lowest BCUT2D eigenvalue weighted by Crippen LogP contribution is -2.16. The molecule has 2 aromatic carbocycles. The Labute approximate surface area is 158 Å². The normalized spacial score (nSPS) is 10.9. The number of esters is 1.